The summed E-state index contributed by atoms with van der Waals surface area (Å²) in [6.07, 6.45) is 6.63. The molecule has 0 saturated heterocycles. The number of rotatable bonds is 2. The number of fused-ring (bicyclic) bond motifs is 1. The second-order valence-corrected chi connectivity index (χ2v) is 3.94. The van der Waals surface area contributed by atoms with E-state index in [1.807, 2.05) is 18.2 Å². The van der Waals surface area contributed by atoms with Gasteiger partial charge in [-0.05, 0) is 18.2 Å². The Labute approximate surface area is 109 Å². The first kappa shape index (κ1) is 11.3. The zero-order chi connectivity index (χ0) is 13.2. The molecule has 0 fully saturated rings. The molecule has 0 unspecified atom stereocenters. The molecular weight excluding hydrogens is 242 g/mol. The molecule has 3 aromatic heterocycles. The SMILES string of the molecule is CNC(=O)c1cnn2c(-c3cccnc3)ccnc12. The van der Waals surface area contributed by atoms with Crippen LogP contribution in [0.15, 0.2) is 43.0 Å². The molecule has 3 rings (SSSR count). The van der Waals surface area contributed by atoms with E-state index in [2.05, 4.69) is 20.4 Å². The van der Waals surface area contributed by atoms with E-state index >= 15 is 0 Å². The fourth-order valence-corrected chi connectivity index (χ4v) is 1.92. The standard InChI is InChI=1S/C13H11N5O/c1-14-13(19)10-8-17-18-11(4-6-16-12(10)18)9-3-2-5-15-7-9/h2-8H,1H3,(H,14,19). The van der Waals surface area contributed by atoms with E-state index < -0.39 is 0 Å². The monoisotopic (exact) mass is 253 g/mol. The molecular formula is C13H11N5O. The van der Waals surface area contributed by atoms with Gasteiger partial charge in [-0.3, -0.25) is 9.78 Å². The normalized spacial score (nSPS) is 10.6. The smallest absolute Gasteiger partial charge is 0.256 e. The van der Waals surface area contributed by atoms with Crippen molar-refractivity contribution in [3.63, 3.8) is 0 Å². The van der Waals surface area contributed by atoms with Gasteiger partial charge in [-0.15, -0.1) is 0 Å². The second-order valence-electron chi connectivity index (χ2n) is 3.94. The summed E-state index contributed by atoms with van der Waals surface area (Å²) in [4.78, 5) is 20.0. The summed E-state index contributed by atoms with van der Waals surface area (Å²) in [5.74, 6) is -0.203. The van der Waals surface area contributed by atoms with Gasteiger partial charge in [-0.25, -0.2) is 9.50 Å². The lowest BCUT2D eigenvalue weighted by Crippen LogP contribution is -2.17. The van der Waals surface area contributed by atoms with Crippen LogP contribution in [0.2, 0.25) is 0 Å². The van der Waals surface area contributed by atoms with Crippen molar-refractivity contribution in [1.82, 2.24) is 24.9 Å². The Kier molecular flexibility index (Phi) is 2.68. The Balaban J connectivity index is 2.23. The van der Waals surface area contributed by atoms with Crippen LogP contribution in [-0.4, -0.2) is 32.5 Å². The molecule has 94 valence electrons. The molecule has 1 amide bonds. The highest BCUT2D eigenvalue weighted by Gasteiger charge is 2.14. The molecule has 6 nitrogen and oxygen atoms in total. The number of nitrogens with one attached hydrogen (secondary N) is 1. The Morgan fingerprint density at radius 3 is 2.89 bits per heavy atom. The summed E-state index contributed by atoms with van der Waals surface area (Å²) >= 11 is 0. The van der Waals surface area contributed by atoms with Crippen molar-refractivity contribution in [2.45, 2.75) is 0 Å². The number of amides is 1. The summed E-state index contributed by atoms with van der Waals surface area (Å²) in [6.45, 7) is 0. The number of carbonyl (C=O) groups excluding carboxylic acids is 1. The van der Waals surface area contributed by atoms with Crippen LogP contribution in [0.25, 0.3) is 16.9 Å². The van der Waals surface area contributed by atoms with Gasteiger partial charge in [0.1, 0.15) is 5.56 Å². The van der Waals surface area contributed by atoms with Crippen molar-refractivity contribution in [1.29, 1.82) is 0 Å². The van der Waals surface area contributed by atoms with Crippen LogP contribution in [-0.2, 0) is 0 Å². The molecule has 0 radical (unpaired) electrons. The third-order valence-electron chi connectivity index (χ3n) is 2.83. The zero-order valence-corrected chi connectivity index (χ0v) is 10.2. The molecule has 0 bridgehead atoms. The van der Waals surface area contributed by atoms with Crippen molar-refractivity contribution in [2.75, 3.05) is 7.05 Å². The molecule has 0 aliphatic carbocycles. The highest BCUT2D eigenvalue weighted by molar-refractivity contribution is 5.99. The van der Waals surface area contributed by atoms with E-state index in [1.54, 1.807) is 30.2 Å². The minimum Gasteiger partial charge on any atom is -0.355 e. The molecule has 19 heavy (non-hydrogen) atoms. The van der Waals surface area contributed by atoms with E-state index in [-0.39, 0.29) is 5.91 Å². The van der Waals surface area contributed by atoms with E-state index in [0.717, 1.165) is 11.3 Å². The van der Waals surface area contributed by atoms with Crippen molar-refractivity contribution in [3.8, 4) is 11.3 Å². The van der Waals surface area contributed by atoms with Crippen LogP contribution in [0.4, 0.5) is 0 Å². The fraction of sp³-hybridized carbons (Fsp3) is 0.0769. The first-order valence-electron chi connectivity index (χ1n) is 5.76. The van der Waals surface area contributed by atoms with Gasteiger partial charge in [0.05, 0.1) is 11.9 Å². The summed E-state index contributed by atoms with van der Waals surface area (Å²) in [5, 5.41) is 6.80. The summed E-state index contributed by atoms with van der Waals surface area (Å²) < 4.78 is 1.64. The number of hydrogen-bond acceptors (Lipinski definition) is 4. The minimum absolute atomic E-state index is 0.203. The lowest BCUT2D eigenvalue weighted by molar-refractivity contribution is 0.0964. The van der Waals surface area contributed by atoms with Crippen molar-refractivity contribution in [2.24, 2.45) is 0 Å². The summed E-state index contributed by atoms with van der Waals surface area (Å²) in [6, 6.07) is 5.62. The van der Waals surface area contributed by atoms with Gasteiger partial charge in [0, 0.05) is 31.2 Å². The molecule has 1 N–H and O–H groups in total. The molecule has 0 aromatic carbocycles. The Hall–Kier alpha value is -2.76. The van der Waals surface area contributed by atoms with Crippen LogP contribution in [0.3, 0.4) is 0 Å². The first-order chi connectivity index (χ1) is 9.31. The Morgan fingerprint density at radius 1 is 1.26 bits per heavy atom. The Morgan fingerprint density at radius 2 is 2.16 bits per heavy atom. The molecule has 0 aliphatic heterocycles. The van der Waals surface area contributed by atoms with Gasteiger partial charge in [0.15, 0.2) is 5.65 Å². The van der Waals surface area contributed by atoms with E-state index in [4.69, 9.17) is 0 Å². The van der Waals surface area contributed by atoms with Gasteiger partial charge in [0.2, 0.25) is 0 Å². The number of nitrogens with zero attached hydrogens (tertiary/aromatic N) is 4. The quantitative estimate of drug-likeness (QED) is 0.743. The van der Waals surface area contributed by atoms with Crippen LogP contribution in [0, 0.1) is 0 Å². The van der Waals surface area contributed by atoms with Gasteiger partial charge >= 0.3 is 0 Å². The van der Waals surface area contributed by atoms with Gasteiger partial charge < -0.3 is 5.32 Å². The number of hydrogen-bond donors (Lipinski definition) is 1. The Bertz CT molecular complexity index is 735. The number of aromatic nitrogens is 4. The molecule has 3 aromatic rings. The second kappa shape index (κ2) is 4.49. The van der Waals surface area contributed by atoms with Crippen LogP contribution < -0.4 is 5.32 Å². The molecule has 0 saturated carbocycles. The van der Waals surface area contributed by atoms with Crippen LogP contribution in [0.1, 0.15) is 10.4 Å². The highest BCUT2D eigenvalue weighted by atomic mass is 16.1. The summed E-state index contributed by atoms with van der Waals surface area (Å²) in [7, 11) is 1.58. The lowest BCUT2D eigenvalue weighted by Gasteiger charge is -2.04. The van der Waals surface area contributed by atoms with Gasteiger partial charge in [-0.2, -0.15) is 5.10 Å². The van der Waals surface area contributed by atoms with E-state index in [1.165, 1.54) is 6.20 Å². The van der Waals surface area contributed by atoms with Crippen molar-refractivity contribution < 1.29 is 4.79 Å². The largest absolute Gasteiger partial charge is 0.355 e. The van der Waals surface area contributed by atoms with Crippen LogP contribution >= 0.6 is 0 Å². The third-order valence-corrected chi connectivity index (χ3v) is 2.83. The van der Waals surface area contributed by atoms with Gasteiger partial charge in [0.25, 0.3) is 5.91 Å². The zero-order valence-electron chi connectivity index (χ0n) is 10.2. The van der Waals surface area contributed by atoms with E-state index in [0.29, 0.717) is 11.2 Å². The topological polar surface area (TPSA) is 72.2 Å². The average molecular weight is 253 g/mol. The predicted octanol–water partition coefficient (Wildman–Crippen LogP) is 1.15. The maximum Gasteiger partial charge on any atom is 0.256 e. The number of pyridine rings is 1. The maximum atomic E-state index is 11.7. The minimum atomic E-state index is -0.203. The lowest BCUT2D eigenvalue weighted by atomic mass is 10.2. The maximum absolute atomic E-state index is 11.7. The highest BCUT2D eigenvalue weighted by Crippen LogP contribution is 2.19. The van der Waals surface area contributed by atoms with Gasteiger partial charge in [-0.1, -0.05) is 0 Å². The molecule has 3 heterocycles. The summed E-state index contributed by atoms with van der Waals surface area (Å²) in [5.41, 5.74) is 2.74. The first-order valence-corrected chi connectivity index (χ1v) is 5.76. The van der Waals surface area contributed by atoms with E-state index in [9.17, 15) is 4.79 Å². The third kappa shape index (κ3) is 1.83. The van der Waals surface area contributed by atoms with Crippen LogP contribution in [0.5, 0.6) is 0 Å². The van der Waals surface area contributed by atoms with Crippen molar-refractivity contribution >= 4 is 11.6 Å². The molecule has 0 atom stereocenters. The predicted molar refractivity (Wildman–Crippen MR) is 69.6 cm³/mol. The molecule has 0 aliphatic rings. The molecule has 0 spiro atoms. The number of carbonyl (C=O) groups is 1. The average Bonchev–Trinajstić information content (AvgIpc) is 2.91. The van der Waals surface area contributed by atoms with Crippen molar-refractivity contribution in [3.05, 3.63) is 48.5 Å². The fourth-order valence-electron chi connectivity index (χ4n) is 1.92. The molecule has 6 heteroatoms.